The Morgan fingerprint density at radius 3 is 2.67 bits per heavy atom. The second kappa shape index (κ2) is 5.67. The Bertz CT molecular complexity index is 181. The molecule has 1 aliphatic rings. The molecule has 1 heterocycles. The molecule has 90 valence electrons. The van der Waals surface area contributed by atoms with E-state index in [0.717, 1.165) is 6.42 Å². The molecule has 0 bridgehead atoms. The standard InChI is InChI=1S/C9H17F3N2O/c10-9(11,12)4-1-2-8(14-13)7-3-5-15-6-7/h7-8,14H,1-6,13H2. The Morgan fingerprint density at radius 1 is 1.47 bits per heavy atom. The van der Waals surface area contributed by atoms with Gasteiger partial charge in [-0.1, -0.05) is 0 Å². The molecular formula is C9H17F3N2O. The van der Waals surface area contributed by atoms with Crippen molar-refractivity contribution in [2.45, 2.75) is 37.9 Å². The molecule has 1 saturated heterocycles. The average Bonchev–Trinajstić information content (AvgIpc) is 2.63. The van der Waals surface area contributed by atoms with Crippen LogP contribution >= 0.6 is 0 Å². The quantitative estimate of drug-likeness (QED) is 0.552. The van der Waals surface area contributed by atoms with Crippen LogP contribution in [0.5, 0.6) is 0 Å². The Morgan fingerprint density at radius 2 is 2.20 bits per heavy atom. The van der Waals surface area contributed by atoms with E-state index in [0.29, 0.717) is 19.6 Å². The molecule has 0 amide bonds. The van der Waals surface area contributed by atoms with E-state index in [2.05, 4.69) is 5.43 Å². The maximum atomic E-state index is 11.9. The zero-order valence-corrected chi connectivity index (χ0v) is 8.52. The molecule has 3 nitrogen and oxygen atoms in total. The molecule has 0 aromatic rings. The van der Waals surface area contributed by atoms with Crippen LogP contribution in [0.3, 0.4) is 0 Å². The molecule has 0 radical (unpaired) electrons. The van der Waals surface area contributed by atoms with Crippen LogP contribution in [0.25, 0.3) is 0 Å². The van der Waals surface area contributed by atoms with Gasteiger partial charge in [0.15, 0.2) is 0 Å². The van der Waals surface area contributed by atoms with Crippen LogP contribution in [0.15, 0.2) is 0 Å². The Kier molecular flexibility index (Phi) is 4.82. The fourth-order valence-corrected chi connectivity index (χ4v) is 1.85. The molecule has 0 saturated carbocycles. The molecular weight excluding hydrogens is 209 g/mol. The Hall–Kier alpha value is -0.330. The molecule has 1 fully saturated rings. The topological polar surface area (TPSA) is 47.3 Å². The molecule has 1 rings (SSSR count). The van der Waals surface area contributed by atoms with Gasteiger partial charge in [-0.15, -0.1) is 0 Å². The average molecular weight is 226 g/mol. The van der Waals surface area contributed by atoms with Gasteiger partial charge in [0.05, 0.1) is 6.61 Å². The van der Waals surface area contributed by atoms with Gasteiger partial charge in [-0.3, -0.25) is 11.3 Å². The van der Waals surface area contributed by atoms with E-state index in [9.17, 15) is 13.2 Å². The number of rotatable bonds is 5. The van der Waals surface area contributed by atoms with E-state index >= 15 is 0 Å². The van der Waals surface area contributed by atoms with Crippen molar-refractivity contribution in [1.82, 2.24) is 5.43 Å². The van der Waals surface area contributed by atoms with Crippen LogP contribution < -0.4 is 11.3 Å². The van der Waals surface area contributed by atoms with Crippen LogP contribution in [0.2, 0.25) is 0 Å². The summed E-state index contributed by atoms with van der Waals surface area (Å²) in [5.41, 5.74) is 2.58. The van der Waals surface area contributed by atoms with Gasteiger partial charge in [0.1, 0.15) is 0 Å². The van der Waals surface area contributed by atoms with Crippen molar-refractivity contribution >= 4 is 0 Å². The summed E-state index contributed by atoms with van der Waals surface area (Å²) in [6.07, 6.45) is -3.36. The first-order valence-electron chi connectivity index (χ1n) is 5.13. The zero-order valence-electron chi connectivity index (χ0n) is 8.52. The molecule has 2 atom stereocenters. The first-order valence-corrected chi connectivity index (χ1v) is 5.13. The maximum Gasteiger partial charge on any atom is 0.389 e. The summed E-state index contributed by atoms with van der Waals surface area (Å²) >= 11 is 0. The minimum absolute atomic E-state index is 0.0603. The highest BCUT2D eigenvalue weighted by Gasteiger charge is 2.29. The lowest BCUT2D eigenvalue weighted by Gasteiger charge is -2.21. The number of alkyl halides is 3. The number of ether oxygens (including phenoxy) is 1. The summed E-state index contributed by atoms with van der Waals surface area (Å²) in [4.78, 5) is 0. The molecule has 0 aliphatic carbocycles. The Balaban J connectivity index is 2.21. The first kappa shape index (κ1) is 12.7. The summed E-state index contributed by atoms with van der Waals surface area (Å²) in [6, 6.07) is -0.0603. The monoisotopic (exact) mass is 226 g/mol. The highest BCUT2D eigenvalue weighted by atomic mass is 19.4. The van der Waals surface area contributed by atoms with Gasteiger partial charge in [0, 0.05) is 25.0 Å². The second-order valence-corrected chi connectivity index (χ2v) is 3.90. The number of nitrogens with one attached hydrogen (secondary N) is 1. The van der Waals surface area contributed by atoms with Gasteiger partial charge in [-0.2, -0.15) is 13.2 Å². The number of hydrogen-bond acceptors (Lipinski definition) is 3. The van der Waals surface area contributed by atoms with Gasteiger partial charge >= 0.3 is 6.18 Å². The number of hydrogen-bond donors (Lipinski definition) is 2. The number of nitrogens with two attached hydrogens (primary N) is 1. The summed E-state index contributed by atoms with van der Waals surface area (Å²) < 4.78 is 40.9. The molecule has 0 aromatic carbocycles. The van der Waals surface area contributed by atoms with E-state index in [4.69, 9.17) is 10.6 Å². The summed E-state index contributed by atoms with van der Waals surface area (Å²) in [7, 11) is 0. The molecule has 3 N–H and O–H groups in total. The summed E-state index contributed by atoms with van der Waals surface area (Å²) in [6.45, 7) is 1.28. The van der Waals surface area contributed by atoms with Crippen molar-refractivity contribution in [3.05, 3.63) is 0 Å². The molecule has 6 heteroatoms. The van der Waals surface area contributed by atoms with Gasteiger partial charge in [0.2, 0.25) is 0 Å². The lowest BCUT2D eigenvalue weighted by atomic mass is 9.95. The van der Waals surface area contributed by atoms with Crippen LogP contribution in [-0.4, -0.2) is 25.4 Å². The van der Waals surface area contributed by atoms with Crippen LogP contribution in [0, 0.1) is 5.92 Å². The highest BCUT2D eigenvalue weighted by Crippen LogP contribution is 2.25. The summed E-state index contributed by atoms with van der Waals surface area (Å²) in [5.74, 6) is 5.57. The number of halogens is 3. The van der Waals surface area contributed by atoms with E-state index in [-0.39, 0.29) is 18.4 Å². The third kappa shape index (κ3) is 4.81. The summed E-state index contributed by atoms with van der Waals surface area (Å²) in [5, 5.41) is 0. The van der Waals surface area contributed by atoms with Crippen molar-refractivity contribution in [2.75, 3.05) is 13.2 Å². The smallest absolute Gasteiger partial charge is 0.381 e. The second-order valence-electron chi connectivity index (χ2n) is 3.90. The van der Waals surface area contributed by atoms with Crippen molar-refractivity contribution in [2.24, 2.45) is 11.8 Å². The molecule has 1 aliphatic heterocycles. The first-order chi connectivity index (χ1) is 7.03. The van der Waals surface area contributed by atoms with Crippen LogP contribution in [-0.2, 0) is 4.74 Å². The van der Waals surface area contributed by atoms with Gasteiger partial charge in [0.25, 0.3) is 0 Å². The maximum absolute atomic E-state index is 11.9. The van der Waals surface area contributed by atoms with E-state index in [1.165, 1.54) is 0 Å². The normalized spacial score (nSPS) is 24.4. The molecule has 0 spiro atoms. The minimum Gasteiger partial charge on any atom is -0.381 e. The van der Waals surface area contributed by atoms with Gasteiger partial charge < -0.3 is 4.74 Å². The van der Waals surface area contributed by atoms with Crippen molar-refractivity contribution in [3.63, 3.8) is 0 Å². The van der Waals surface area contributed by atoms with Crippen LogP contribution in [0.1, 0.15) is 25.7 Å². The lowest BCUT2D eigenvalue weighted by Crippen LogP contribution is -2.41. The SMILES string of the molecule is NNC(CCCC(F)(F)F)C1CCOC1. The number of hydrazine groups is 1. The van der Waals surface area contributed by atoms with Gasteiger partial charge in [-0.05, 0) is 19.3 Å². The molecule has 15 heavy (non-hydrogen) atoms. The Labute approximate surface area is 87.1 Å². The lowest BCUT2D eigenvalue weighted by molar-refractivity contribution is -0.136. The van der Waals surface area contributed by atoms with Crippen LogP contribution in [0.4, 0.5) is 13.2 Å². The van der Waals surface area contributed by atoms with Crippen molar-refractivity contribution in [3.8, 4) is 0 Å². The zero-order chi connectivity index (χ0) is 11.3. The molecule has 2 unspecified atom stereocenters. The third-order valence-electron chi connectivity index (χ3n) is 2.72. The van der Waals surface area contributed by atoms with E-state index in [1.807, 2.05) is 0 Å². The fourth-order valence-electron chi connectivity index (χ4n) is 1.85. The fraction of sp³-hybridized carbons (Fsp3) is 1.00. The van der Waals surface area contributed by atoms with Crippen molar-refractivity contribution < 1.29 is 17.9 Å². The van der Waals surface area contributed by atoms with E-state index < -0.39 is 12.6 Å². The van der Waals surface area contributed by atoms with Crippen molar-refractivity contribution in [1.29, 1.82) is 0 Å². The van der Waals surface area contributed by atoms with E-state index in [1.54, 1.807) is 0 Å². The largest absolute Gasteiger partial charge is 0.389 e. The predicted octanol–water partition coefficient (Wildman–Crippen LogP) is 1.59. The predicted molar refractivity (Wildman–Crippen MR) is 49.9 cm³/mol. The van der Waals surface area contributed by atoms with Gasteiger partial charge in [-0.25, -0.2) is 0 Å². The molecule has 0 aromatic heterocycles. The third-order valence-corrected chi connectivity index (χ3v) is 2.72. The highest BCUT2D eigenvalue weighted by molar-refractivity contribution is 4.77. The minimum atomic E-state index is -4.06.